The molecule has 0 aliphatic heterocycles. The molecule has 1 rings (SSSR count). The summed E-state index contributed by atoms with van der Waals surface area (Å²) in [5.41, 5.74) is 0.726. The van der Waals surface area contributed by atoms with Crippen molar-refractivity contribution in [2.45, 2.75) is 19.3 Å². The number of rotatable bonds is 7. The summed E-state index contributed by atoms with van der Waals surface area (Å²) >= 11 is 4.46. The predicted octanol–water partition coefficient (Wildman–Crippen LogP) is 3.15. The second kappa shape index (κ2) is 7.71. The fraction of sp³-hybridized carbons (Fsp3) is 0.385. The Labute approximate surface area is 107 Å². The van der Waals surface area contributed by atoms with Gasteiger partial charge in [-0.3, -0.25) is 4.79 Å². The van der Waals surface area contributed by atoms with Crippen LogP contribution in [-0.4, -0.2) is 24.6 Å². The van der Waals surface area contributed by atoms with E-state index in [-0.39, 0.29) is 5.78 Å². The molecule has 90 valence electrons. The van der Waals surface area contributed by atoms with Gasteiger partial charge in [0.2, 0.25) is 0 Å². The lowest BCUT2D eigenvalue weighted by atomic mass is 10.1. The van der Waals surface area contributed by atoms with Gasteiger partial charge in [0, 0.05) is 18.5 Å². The van der Waals surface area contributed by atoms with Gasteiger partial charge in [-0.25, -0.2) is 4.99 Å². The van der Waals surface area contributed by atoms with E-state index in [0.29, 0.717) is 13.0 Å². The normalized spacial score (nSPS) is 9.47. The number of ether oxygens (including phenoxy) is 1. The van der Waals surface area contributed by atoms with Crippen LogP contribution in [0.25, 0.3) is 0 Å². The molecule has 1 aromatic carbocycles. The van der Waals surface area contributed by atoms with E-state index in [1.165, 1.54) is 0 Å². The molecule has 0 unspecified atom stereocenters. The van der Waals surface area contributed by atoms with Gasteiger partial charge < -0.3 is 4.74 Å². The first kappa shape index (κ1) is 13.6. The van der Waals surface area contributed by atoms with E-state index < -0.39 is 0 Å². The van der Waals surface area contributed by atoms with E-state index >= 15 is 0 Å². The van der Waals surface area contributed by atoms with Crippen LogP contribution in [0.5, 0.6) is 5.75 Å². The average Bonchev–Trinajstić information content (AvgIpc) is 2.38. The maximum absolute atomic E-state index is 11.8. The quantitative estimate of drug-likeness (QED) is 0.322. The molecule has 0 aromatic heterocycles. The Morgan fingerprint density at radius 1 is 1.35 bits per heavy atom. The Kier molecular flexibility index (Phi) is 6.15. The molecule has 17 heavy (non-hydrogen) atoms. The lowest BCUT2D eigenvalue weighted by molar-refractivity contribution is 0.0979. The van der Waals surface area contributed by atoms with E-state index in [9.17, 15) is 4.79 Å². The van der Waals surface area contributed by atoms with Gasteiger partial charge >= 0.3 is 0 Å². The molecule has 0 saturated heterocycles. The van der Waals surface area contributed by atoms with Crippen LogP contribution in [0.1, 0.15) is 29.6 Å². The number of thiocarbonyl (C=S) groups is 1. The first-order valence-electron chi connectivity index (χ1n) is 5.49. The van der Waals surface area contributed by atoms with Crippen molar-refractivity contribution in [2.24, 2.45) is 4.99 Å². The van der Waals surface area contributed by atoms with Gasteiger partial charge in [0.05, 0.1) is 12.3 Å². The van der Waals surface area contributed by atoms with Crippen LogP contribution in [0.4, 0.5) is 0 Å². The van der Waals surface area contributed by atoms with Crippen LogP contribution < -0.4 is 4.74 Å². The zero-order valence-electron chi connectivity index (χ0n) is 9.81. The van der Waals surface area contributed by atoms with Gasteiger partial charge in [-0.05, 0) is 49.3 Å². The maximum atomic E-state index is 11.8. The Morgan fingerprint density at radius 2 is 2.06 bits per heavy atom. The third kappa shape index (κ3) is 4.89. The number of isothiocyanates is 1. The highest BCUT2D eigenvalue weighted by molar-refractivity contribution is 7.78. The van der Waals surface area contributed by atoms with E-state index in [1.807, 2.05) is 0 Å². The number of Topliss-reactive ketones (excluding diaryl/α,β-unsaturated/α-hetero) is 1. The number of ketones is 1. The van der Waals surface area contributed by atoms with Crippen molar-refractivity contribution in [1.82, 2.24) is 0 Å². The zero-order valence-corrected chi connectivity index (χ0v) is 10.6. The standard InChI is InChI=1S/C13H15NO2S/c1-16-12-7-5-11(6-8-12)13(15)4-2-3-9-14-10-17/h5-8H,2-4,9H2,1H3. The predicted molar refractivity (Wildman–Crippen MR) is 71.1 cm³/mol. The minimum atomic E-state index is 0.152. The largest absolute Gasteiger partial charge is 0.497 e. The summed E-state index contributed by atoms with van der Waals surface area (Å²) in [6.45, 7) is 0.652. The summed E-state index contributed by atoms with van der Waals surface area (Å²) < 4.78 is 5.03. The van der Waals surface area contributed by atoms with Crippen molar-refractivity contribution < 1.29 is 9.53 Å². The van der Waals surface area contributed by atoms with Crippen LogP contribution in [0.15, 0.2) is 29.3 Å². The smallest absolute Gasteiger partial charge is 0.162 e. The monoisotopic (exact) mass is 249 g/mol. The van der Waals surface area contributed by atoms with Crippen LogP contribution >= 0.6 is 12.2 Å². The van der Waals surface area contributed by atoms with Gasteiger partial charge in [-0.15, -0.1) is 0 Å². The van der Waals surface area contributed by atoms with Crippen molar-refractivity contribution in [2.75, 3.05) is 13.7 Å². The first-order chi connectivity index (χ1) is 8.27. The molecule has 0 fully saturated rings. The fourth-order valence-electron chi connectivity index (χ4n) is 1.44. The lowest BCUT2D eigenvalue weighted by Gasteiger charge is -2.02. The number of nitrogens with zero attached hydrogens (tertiary/aromatic N) is 1. The summed E-state index contributed by atoms with van der Waals surface area (Å²) in [7, 11) is 1.60. The molecule has 0 aliphatic rings. The van der Waals surface area contributed by atoms with Crippen LogP contribution in [-0.2, 0) is 0 Å². The third-order valence-corrected chi connectivity index (χ3v) is 2.53. The molecule has 0 saturated carbocycles. The van der Waals surface area contributed by atoms with Crippen LogP contribution in [0.3, 0.4) is 0 Å². The summed E-state index contributed by atoms with van der Waals surface area (Å²) in [6.07, 6.45) is 2.23. The third-order valence-electron chi connectivity index (χ3n) is 2.40. The van der Waals surface area contributed by atoms with Crippen LogP contribution in [0, 0.1) is 0 Å². The fourth-order valence-corrected chi connectivity index (χ4v) is 1.53. The maximum Gasteiger partial charge on any atom is 0.162 e. The van der Waals surface area contributed by atoms with Gasteiger partial charge in [-0.2, -0.15) is 0 Å². The number of hydrogen-bond donors (Lipinski definition) is 0. The number of aliphatic imine (C=N–C) groups is 1. The van der Waals surface area contributed by atoms with E-state index in [0.717, 1.165) is 24.2 Å². The van der Waals surface area contributed by atoms with Crippen LogP contribution in [0.2, 0.25) is 0 Å². The lowest BCUT2D eigenvalue weighted by Crippen LogP contribution is -1.99. The molecular weight excluding hydrogens is 234 g/mol. The second-order valence-electron chi connectivity index (χ2n) is 3.58. The molecule has 4 heteroatoms. The van der Waals surface area contributed by atoms with Crippen molar-refractivity contribution in [1.29, 1.82) is 0 Å². The van der Waals surface area contributed by atoms with E-state index in [1.54, 1.807) is 31.4 Å². The molecule has 3 nitrogen and oxygen atoms in total. The van der Waals surface area contributed by atoms with Crippen molar-refractivity contribution in [3.63, 3.8) is 0 Å². The number of hydrogen-bond acceptors (Lipinski definition) is 4. The topological polar surface area (TPSA) is 38.7 Å². The van der Waals surface area contributed by atoms with Crippen molar-refractivity contribution in [3.8, 4) is 5.75 Å². The minimum absolute atomic E-state index is 0.152. The second-order valence-corrected chi connectivity index (χ2v) is 3.76. The SMILES string of the molecule is COc1ccc(C(=O)CCCCN=C=S)cc1. The molecule has 0 radical (unpaired) electrons. The van der Waals surface area contributed by atoms with Crippen molar-refractivity contribution >= 4 is 23.2 Å². The van der Waals surface area contributed by atoms with E-state index in [4.69, 9.17) is 4.74 Å². The highest BCUT2D eigenvalue weighted by atomic mass is 32.1. The number of unbranched alkanes of at least 4 members (excludes halogenated alkanes) is 1. The Balaban J connectivity index is 2.38. The Hall–Kier alpha value is -1.51. The zero-order chi connectivity index (χ0) is 12.5. The number of benzene rings is 1. The van der Waals surface area contributed by atoms with Gasteiger partial charge in [0.15, 0.2) is 5.78 Å². The molecule has 0 bridgehead atoms. The summed E-state index contributed by atoms with van der Waals surface area (Å²) in [4.78, 5) is 15.6. The molecule has 0 spiro atoms. The van der Waals surface area contributed by atoms with E-state index in [2.05, 4.69) is 22.4 Å². The molecular formula is C13H15NO2S. The molecule has 0 heterocycles. The van der Waals surface area contributed by atoms with Gasteiger partial charge in [0.25, 0.3) is 0 Å². The summed E-state index contributed by atoms with van der Waals surface area (Å²) in [6, 6.07) is 7.17. The molecule has 1 aromatic rings. The summed E-state index contributed by atoms with van der Waals surface area (Å²) in [5, 5.41) is 2.31. The Bertz CT molecular complexity index is 408. The minimum Gasteiger partial charge on any atom is -0.497 e. The summed E-state index contributed by atoms with van der Waals surface area (Å²) in [5.74, 6) is 0.913. The molecule has 0 N–H and O–H groups in total. The first-order valence-corrected chi connectivity index (χ1v) is 5.89. The van der Waals surface area contributed by atoms with Gasteiger partial charge in [0.1, 0.15) is 5.75 Å². The highest BCUT2D eigenvalue weighted by Gasteiger charge is 2.05. The molecule has 0 atom stereocenters. The van der Waals surface area contributed by atoms with Gasteiger partial charge in [-0.1, -0.05) is 0 Å². The number of carbonyl (C=O) groups excluding carboxylic acids is 1. The van der Waals surface area contributed by atoms with Crippen molar-refractivity contribution in [3.05, 3.63) is 29.8 Å². The highest BCUT2D eigenvalue weighted by Crippen LogP contribution is 2.13. The molecule has 0 aliphatic carbocycles. The average molecular weight is 249 g/mol. The Morgan fingerprint density at radius 3 is 2.65 bits per heavy atom. The number of carbonyl (C=O) groups is 1. The molecule has 0 amide bonds. The number of methoxy groups -OCH3 is 1.